The molecule has 0 aliphatic carbocycles. The maximum atomic E-state index is 11.2. The number of aliphatic carboxylic acids is 3. The summed E-state index contributed by atoms with van der Waals surface area (Å²) in [6, 6.07) is 0. The summed E-state index contributed by atoms with van der Waals surface area (Å²) in [5.74, 6) is -3.92. The second kappa shape index (κ2) is 7.62. The van der Waals surface area contributed by atoms with Gasteiger partial charge in [-0.05, 0) is 25.8 Å². The lowest BCUT2D eigenvalue weighted by Gasteiger charge is -2.28. The highest BCUT2D eigenvalue weighted by atomic mass is 16.4. The first-order chi connectivity index (χ1) is 8.34. The summed E-state index contributed by atoms with van der Waals surface area (Å²) in [4.78, 5) is 32.4. The summed E-state index contributed by atoms with van der Waals surface area (Å²) in [7, 11) is 0. The first-order valence-corrected chi connectivity index (χ1v) is 5.46. The molecule has 0 aliphatic rings. The molecule has 0 heterocycles. The van der Waals surface area contributed by atoms with Crippen LogP contribution in [0.3, 0.4) is 0 Å². The van der Waals surface area contributed by atoms with Crippen LogP contribution in [0.15, 0.2) is 0 Å². The minimum absolute atomic E-state index is 0.0130. The van der Waals surface area contributed by atoms with E-state index in [2.05, 4.69) is 5.32 Å². The third-order valence-corrected chi connectivity index (χ3v) is 2.50. The Balaban J connectivity index is 4.83. The average molecular weight is 262 g/mol. The van der Waals surface area contributed by atoms with E-state index in [-0.39, 0.29) is 6.42 Å². The van der Waals surface area contributed by atoms with Gasteiger partial charge in [0.1, 0.15) is 5.54 Å². The summed E-state index contributed by atoms with van der Waals surface area (Å²) in [6.07, 6.45) is 0.283. The van der Waals surface area contributed by atoms with Crippen molar-refractivity contribution in [1.82, 2.24) is 5.32 Å². The molecule has 0 unspecified atom stereocenters. The van der Waals surface area contributed by atoms with E-state index in [0.717, 1.165) is 0 Å². The van der Waals surface area contributed by atoms with E-state index in [1.54, 1.807) is 0 Å². The van der Waals surface area contributed by atoms with Crippen LogP contribution >= 0.6 is 0 Å². The van der Waals surface area contributed by atoms with Crippen molar-refractivity contribution in [1.29, 1.82) is 0 Å². The van der Waals surface area contributed by atoms with Crippen LogP contribution in [0.25, 0.3) is 0 Å². The van der Waals surface area contributed by atoms with Crippen molar-refractivity contribution in [3.05, 3.63) is 0 Å². The van der Waals surface area contributed by atoms with Gasteiger partial charge >= 0.3 is 17.9 Å². The van der Waals surface area contributed by atoms with E-state index < -0.39 is 36.4 Å². The quantitative estimate of drug-likeness (QED) is 0.317. The zero-order chi connectivity index (χ0) is 14.2. The molecule has 0 aromatic rings. The molecular formula is C10H18N2O6. The van der Waals surface area contributed by atoms with Gasteiger partial charge in [0, 0.05) is 0 Å². The zero-order valence-electron chi connectivity index (χ0n) is 9.89. The predicted octanol–water partition coefficient (Wildman–Crippen LogP) is -0.912. The number of carboxylic acids is 3. The van der Waals surface area contributed by atoms with Crippen molar-refractivity contribution in [3.8, 4) is 0 Å². The van der Waals surface area contributed by atoms with Crippen LogP contribution in [-0.2, 0) is 14.4 Å². The molecule has 0 fully saturated rings. The maximum Gasteiger partial charge on any atom is 0.324 e. The van der Waals surface area contributed by atoms with Crippen molar-refractivity contribution in [2.75, 3.05) is 13.1 Å². The Morgan fingerprint density at radius 2 is 1.67 bits per heavy atom. The van der Waals surface area contributed by atoms with Gasteiger partial charge in [0.25, 0.3) is 0 Å². The van der Waals surface area contributed by atoms with Crippen molar-refractivity contribution < 1.29 is 29.7 Å². The molecule has 104 valence electrons. The molecule has 0 aromatic carbocycles. The first kappa shape index (κ1) is 16.3. The summed E-state index contributed by atoms with van der Waals surface area (Å²) >= 11 is 0. The van der Waals surface area contributed by atoms with E-state index >= 15 is 0 Å². The van der Waals surface area contributed by atoms with Crippen LogP contribution < -0.4 is 11.1 Å². The van der Waals surface area contributed by atoms with Crippen LogP contribution in [0.5, 0.6) is 0 Å². The van der Waals surface area contributed by atoms with Crippen LogP contribution in [0, 0.1) is 0 Å². The van der Waals surface area contributed by atoms with E-state index in [1.807, 2.05) is 0 Å². The topological polar surface area (TPSA) is 150 Å². The monoisotopic (exact) mass is 262 g/mol. The summed E-state index contributed by atoms with van der Waals surface area (Å²) in [6.45, 7) is -0.246. The Kier molecular flexibility index (Phi) is 6.91. The van der Waals surface area contributed by atoms with Crippen LogP contribution in [-0.4, -0.2) is 51.9 Å². The lowest BCUT2D eigenvalue weighted by atomic mass is 9.88. The van der Waals surface area contributed by atoms with Crippen LogP contribution in [0.2, 0.25) is 0 Å². The molecule has 6 N–H and O–H groups in total. The van der Waals surface area contributed by atoms with Crippen LogP contribution in [0.1, 0.15) is 25.7 Å². The molecule has 0 amide bonds. The fourth-order valence-corrected chi connectivity index (χ4v) is 1.57. The van der Waals surface area contributed by atoms with E-state index in [9.17, 15) is 14.4 Å². The fourth-order valence-electron chi connectivity index (χ4n) is 1.57. The maximum absolute atomic E-state index is 11.2. The van der Waals surface area contributed by atoms with Gasteiger partial charge in [-0.3, -0.25) is 19.7 Å². The van der Waals surface area contributed by atoms with Gasteiger partial charge < -0.3 is 21.1 Å². The van der Waals surface area contributed by atoms with Crippen molar-refractivity contribution in [2.24, 2.45) is 5.73 Å². The van der Waals surface area contributed by atoms with Crippen molar-refractivity contribution >= 4 is 17.9 Å². The zero-order valence-corrected chi connectivity index (χ0v) is 9.89. The number of nitrogens with two attached hydrogens (primary N) is 1. The van der Waals surface area contributed by atoms with E-state index in [1.165, 1.54) is 0 Å². The van der Waals surface area contributed by atoms with Gasteiger partial charge in [0.2, 0.25) is 0 Å². The first-order valence-electron chi connectivity index (χ1n) is 5.46. The Labute approximate surface area is 104 Å². The predicted molar refractivity (Wildman–Crippen MR) is 61.2 cm³/mol. The van der Waals surface area contributed by atoms with E-state index in [0.29, 0.717) is 19.4 Å². The summed E-state index contributed by atoms with van der Waals surface area (Å²) < 4.78 is 0. The number of carboxylic acid groups (broad SMARTS) is 3. The third-order valence-electron chi connectivity index (χ3n) is 2.50. The molecule has 0 radical (unpaired) electrons. The number of nitrogens with one attached hydrogen (secondary N) is 1. The number of hydrogen-bond donors (Lipinski definition) is 5. The van der Waals surface area contributed by atoms with Gasteiger partial charge in [0.15, 0.2) is 0 Å². The molecular weight excluding hydrogens is 244 g/mol. The molecule has 0 saturated carbocycles. The molecule has 0 bridgehead atoms. The molecule has 0 rings (SSSR count). The standard InChI is InChI=1S/C10H18N2O6/c11-4-2-1-3-10(9(17)18,5-7(13)14)12-6-8(15)16/h12H,1-6,11H2,(H,13,14)(H,15,16)(H,17,18)/t10-/m1/s1. The van der Waals surface area contributed by atoms with Gasteiger partial charge in [-0.25, -0.2) is 0 Å². The Morgan fingerprint density at radius 1 is 1.06 bits per heavy atom. The average Bonchev–Trinajstić information content (AvgIpc) is 2.24. The smallest absolute Gasteiger partial charge is 0.324 e. The Hall–Kier alpha value is -1.67. The Bertz CT molecular complexity index is 319. The van der Waals surface area contributed by atoms with Crippen LogP contribution in [0.4, 0.5) is 0 Å². The van der Waals surface area contributed by atoms with Gasteiger partial charge in [-0.1, -0.05) is 0 Å². The second-order valence-electron chi connectivity index (χ2n) is 3.95. The molecule has 0 aliphatic heterocycles. The molecule has 1 atom stereocenters. The SMILES string of the molecule is NCCCC[C@](CC(=O)O)(NCC(=O)O)C(=O)O. The third kappa shape index (κ3) is 5.60. The molecule has 8 heteroatoms. The highest BCUT2D eigenvalue weighted by Crippen LogP contribution is 2.19. The van der Waals surface area contributed by atoms with Gasteiger partial charge in [0.05, 0.1) is 13.0 Å². The van der Waals surface area contributed by atoms with Gasteiger partial charge in [-0.2, -0.15) is 0 Å². The molecule has 0 spiro atoms. The molecule has 18 heavy (non-hydrogen) atoms. The van der Waals surface area contributed by atoms with Gasteiger partial charge in [-0.15, -0.1) is 0 Å². The largest absolute Gasteiger partial charge is 0.481 e. The Morgan fingerprint density at radius 3 is 2.06 bits per heavy atom. The second-order valence-corrected chi connectivity index (χ2v) is 3.95. The lowest BCUT2D eigenvalue weighted by Crippen LogP contribution is -2.55. The minimum atomic E-state index is -1.76. The fraction of sp³-hybridized carbons (Fsp3) is 0.700. The number of carbonyl (C=O) groups is 3. The molecule has 8 nitrogen and oxygen atoms in total. The molecule has 0 aromatic heterocycles. The van der Waals surface area contributed by atoms with Crippen molar-refractivity contribution in [3.63, 3.8) is 0 Å². The number of unbranched alkanes of at least 4 members (excludes halogenated alkanes) is 1. The van der Waals surface area contributed by atoms with E-state index in [4.69, 9.17) is 21.1 Å². The highest BCUT2D eigenvalue weighted by Gasteiger charge is 2.40. The highest BCUT2D eigenvalue weighted by molar-refractivity contribution is 5.85. The normalized spacial score (nSPS) is 13.8. The lowest BCUT2D eigenvalue weighted by molar-refractivity contribution is -0.152. The summed E-state index contributed by atoms with van der Waals surface area (Å²) in [5, 5.41) is 28.7. The minimum Gasteiger partial charge on any atom is -0.481 e. The molecule has 0 saturated heterocycles. The van der Waals surface area contributed by atoms with Crippen molar-refractivity contribution in [2.45, 2.75) is 31.2 Å². The number of hydrogen-bond acceptors (Lipinski definition) is 5. The summed E-state index contributed by atoms with van der Waals surface area (Å²) in [5.41, 5.74) is 3.51. The number of rotatable bonds is 10.